The Morgan fingerprint density at radius 3 is 2.86 bits per heavy atom. The number of nitrogens with one attached hydrogen (secondary N) is 1. The van der Waals surface area contributed by atoms with Gasteiger partial charge in [-0.05, 0) is 46.8 Å². The number of alkyl halides is 1. The van der Waals surface area contributed by atoms with Gasteiger partial charge in [0.05, 0.1) is 0 Å². The molecule has 2 rings (SSSR count). The van der Waals surface area contributed by atoms with Crippen LogP contribution >= 0.6 is 27.5 Å². The van der Waals surface area contributed by atoms with Crippen LogP contribution in [0.4, 0.5) is 5.82 Å². The van der Waals surface area contributed by atoms with Crippen molar-refractivity contribution < 1.29 is 0 Å². The highest BCUT2D eigenvalue weighted by molar-refractivity contribution is 9.10. The van der Waals surface area contributed by atoms with E-state index in [1.165, 1.54) is 0 Å². The molecule has 1 aromatic rings. The normalized spacial score (nSPS) is 25.6. The van der Waals surface area contributed by atoms with E-state index in [-0.39, 0.29) is 0 Å². The maximum atomic E-state index is 5.90. The van der Waals surface area contributed by atoms with Gasteiger partial charge in [-0.25, -0.2) is 4.98 Å². The van der Waals surface area contributed by atoms with Crippen molar-refractivity contribution in [3.8, 4) is 0 Å². The standard InChI is InChI=1S/C10H12BrClN2/c11-8-1-2-10(14-6-8)13-5-7-3-9(12)4-7/h1-2,6-7,9H,3-5H2,(H,13,14). The van der Waals surface area contributed by atoms with Crippen LogP contribution in [0.15, 0.2) is 22.8 Å². The van der Waals surface area contributed by atoms with Crippen molar-refractivity contribution >= 4 is 33.3 Å². The van der Waals surface area contributed by atoms with E-state index in [4.69, 9.17) is 11.6 Å². The molecule has 0 spiro atoms. The predicted molar refractivity (Wildman–Crippen MR) is 62.8 cm³/mol. The minimum atomic E-state index is 0.402. The van der Waals surface area contributed by atoms with Gasteiger partial charge in [0.2, 0.25) is 0 Å². The average Bonchev–Trinajstić information content (AvgIpc) is 2.13. The summed E-state index contributed by atoms with van der Waals surface area (Å²) < 4.78 is 1.01. The minimum absolute atomic E-state index is 0.402. The fourth-order valence-corrected chi connectivity index (χ4v) is 2.29. The first kappa shape index (κ1) is 10.2. The van der Waals surface area contributed by atoms with E-state index in [0.717, 1.165) is 35.6 Å². The molecule has 1 aromatic heterocycles. The first-order valence-corrected chi connectivity index (χ1v) is 5.96. The first-order chi connectivity index (χ1) is 6.74. The van der Waals surface area contributed by atoms with Crippen LogP contribution in [0.5, 0.6) is 0 Å². The lowest BCUT2D eigenvalue weighted by Gasteiger charge is -2.30. The molecule has 0 aromatic carbocycles. The second-order valence-electron chi connectivity index (χ2n) is 3.68. The molecule has 0 atom stereocenters. The quantitative estimate of drug-likeness (QED) is 0.857. The zero-order chi connectivity index (χ0) is 9.97. The van der Waals surface area contributed by atoms with Crippen molar-refractivity contribution in [1.29, 1.82) is 0 Å². The van der Waals surface area contributed by atoms with E-state index >= 15 is 0 Å². The number of pyridine rings is 1. The minimum Gasteiger partial charge on any atom is -0.370 e. The molecule has 1 aliphatic carbocycles. The van der Waals surface area contributed by atoms with Crippen molar-refractivity contribution in [2.24, 2.45) is 5.92 Å². The van der Waals surface area contributed by atoms with E-state index in [1.807, 2.05) is 12.1 Å². The summed E-state index contributed by atoms with van der Waals surface area (Å²) in [5, 5.41) is 3.71. The number of hydrogen-bond acceptors (Lipinski definition) is 2. The summed E-state index contributed by atoms with van der Waals surface area (Å²) in [5.74, 6) is 1.66. The zero-order valence-corrected chi connectivity index (χ0v) is 10.1. The van der Waals surface area contributed by atoms with Gasteiger partial charge in [-0.15, -0.1) is 11.6 Å². The first-order valence-electron chi connectivity index (χ1n) is 4.73. The molecule has 1 heterocycles. The molecule has 0 bridgehead atoms. The zero-order valence-electron chi connectivity index (χ0n) is 7.71. The molecule has 1 saturated carbocycles. The fourth-order valence-electron chi connectivity index (χ4n) is 1.55. The molecule has 0 radical (unpaired) electrons. The van der Waals surface area contributed by atoms with E-state index in [0.29, 0.717) is 5.38 Å². The van der Waals surface area contributed by atoms with Crippen molar-refractivity contribution in [1.82, 2.24) is 4.98 Å². The highest BCUT2D eigenvalue weighted by Gasteiger charge is 2.26. The maximum Gasteiger partial charge on any atom is 0.125 e. The summed E-state index contributed by atoms with van der Waals surface area (Å²) >= 11 is 9.25. The second-order valence-corrected chi connectivity index (χ2v) is 5.21. The summed E-state index contributed by atoms with van der Waals surface area (Å²) in [6.45, 7) is 0.984. The van der Waals surface area contributed by atoms with Crippen LogP contribution in [-0.2, 0) is 0 Å². The van der Waals surface area contributed by atoms with Gasteiger partial charge in [0.15, 0.2) is 0 Å². The number of halogens is 2. The molecule has 76 valence electrons. The number of rotatable bonds is 3. The second kappa shape index (κ2) is 4.49. The van der Waals surface area contributed by atoms with Gasteiger partial charge in [0, 0.05) is 22.6 Å². The SMILES string of the molecule is ClC1CC(CNc2ccc(Br)cn2)C1. The molecule has 0 aliphatic heterocycles. The van der Waals surface area contributed by atoms with Gasteiger partial charge in [0.25, 0.3) is 0 Å². The topological polar surface area (TPSA) is 24.9 Å². The Morgan fingerprint density at radius 2 is 2.29 bits per heavy atom. The molecule has 4 heteroatoms. The molecule has 1 fully saturated rings. The molecular weight excluding hydrogens is 263 g/mol. The van der Waals surface area contributed by atoms with Crippen LogP contribution in [0.1, 0.15) is 12.8 Å². The Labute approximate surface area is 97.2 Å². The summed E-state index contributed by atoms with van der Waals surface area (Å²) in [6, 6.07) is 3.96. The van der Waals surface area contributed by atoms with E-state index in [1.54, 1.807) is 6.20 Å². The van der Waals surface area contributed by atoms with Crippen molar-refractivity contribution in [3.63, 3.8) is 0 Å². The molecule has 2 nitrogen and oxygen atoms in total. The molecule has 0 unspecified atom stereocenters. The molecule has 0 saturated heterocycles. The molecule has 0 amide bonds. The lowest BCUT2D eigenvalue weighted by molar-refractivity contribution is 0.341. The van der Waals surface area contributed by atoms with Gasteiger partial charge in [-0.2, -0.15) is 0 Å². The third-order valence-corrected chi connectivity index (χ3v) is 3.30. The Bertz CT molecular complexity index is 295. The van der Waals surface area contributed by atoms with E-state index in [9.17, 15) is 0 Å². The predicted octanol–water partition coefficient (Wildman–Crippen LogP) is 3.27. The lowest BCUT2D eigenvalue weighted by Crippen LogP contribution is -2.30. The fraction of sp³-hybridized carbons (Fsp3) is 0.500. The van der Waals surface area contributed by atoms with Crippen molar-refractivity contribution in [3.05, 3.63) is 22.8 Å². The smallest absolute Gasteiger partial charge is 0.125 e. The molecule has 14 heavy (non-hydrogen) atoms. The molecule has 1 aliphatic rings. The Morgan fingerprint density at radius 1 is 1.50 bits per heavy atom. The monoisotopic (exact) mass is 274 g/mol. The average molecular weight is 276 g/mol. The molecule has 1 N–H and O–H groups in total. The number of anilines is 1. The lowest BCUT2D eigenvalue weighted by atomic mass is 9.85. The number of nitrogens with zero attached hydrogens (tertiary/aromatic N) is 1. The largest absolute Gasteiger partial charge is 0.370 e. The van der Waals surface area contributed by atoms with Crippen LogP contribution in [0.2, 0.25) is 0 Å². The van der Waals surface area contributed by atoms with Gasteiger partial charge in [-0.3, -0.25) is 0 Å². The highest BCUT2D eigenvalue weighted by atomic mass is 79.9. The van der Waals surface area contributed by atoms with Crippen molar-refractivity contribution in [2.75, 3.05) is 11.9 Å². The van der Waals surface area contributed by atoms with Gasteiger partial charge >= 0.3 is 0 Å². The van der Waals surface area contributed by atoms with Crippen LogP contribution in [-0.4, -0.2) is 16.9 Å². The van der Waals surface area contributed by atoms with Gasteiger partial charge < -0.3 is 5.32 Å². The van der Waals surface area contributed by atoms with Gasteiger partial charge in [0.1, 0.15) is 5.82 Å². The summed E-state index contributed by atoms with van der Waals surface area (Å²) in [6.07, 6.45) is 4.06. The molecular formula is C10H12BrClN2. The maximum absolute atomic E-state index is 5.90. The Balaban J connectivity index is 1.78. The van der Waals surface area contributed by atoms with Crippen LogP contribution in [0, 0.1) is 5.92 Å². The third-order valence-electron chi connectivity index (χ3n) is 2.48. The highest BCUT2D eigenvalue weighted by Crippen LogP contribution is 2.31. The van der Waals surface area contributed by atoms with E-state index in [2.05, 4.69) is 26.2 Å². The van der Waals surface area contributed by atoms with Crippen LogP contribution in [0.3, 0.4) is 0 Å². The number of aromatic nitrogens is 1. The van der Waals surface area contributed by atoms with E-state index < -0.39 is 0 Å². The summed E-state index contributed by atoms with van der Waals surface area (Å²) in [4.78, 5) is 4.24. The third kappa shape index (κ3) is 2.61. The summed E-state index contributed by atoms with van der Waals surface area (Å²) in [7, 11) is 0. The summed E-state index contributed by atoms with van der Waals surface area (Å²) in [5.41, 5.74) is 0. The Kier molecular flexibility index (Phi) is 3.29. The van der Waals surface area contributed by atoms with Crippen LogP contribution < -0.4 is 5.32 Å². The Hall–Kier alpha value is -0.280. The van der Waals surface area contributed by atoms with Gasteiger partial charge in [-0.1, -0.05) is 0 Å². The van der Waals surface area contributed by atoms with Crippen molar-refractivity contribution in [2.45, 2.75) is 18.2 Å². The number of hydrogen-bond donors (Lipinski definition) is 1. The van der Waals surface area contributed by atoms with Crippen LogP contribution in [0.25, 0.3) is 0 Å².